The first-order chi connectivity index (χ1) is 7.65. The minimum atomic E-state index is -4.33. The quantitative estimate of drug-likeness (QED) is 0.778. The van der Waals surface area contributed by atoms with E-state index in [0.717, 1.165) is 12.1 Å². The predicted molar refractivity (Wildman–Crippen MR) is 67.6 cm³/mol. The van der Waals surface area contributed by atoms with Gasteiger partial charge in [0.1, 0.15) is 0 Å². The van der Waals surface area contributed by atoms with Crippen LogP contribution in [-0.2, 0) is 6.18 Å². The highest BCUT2D eigenvalue weighted by Gasteiger charge is 2.31. The lowest BCUT2D eigenvalue weighted by atomic mass is 10.1. The summed E-state index contributed by atoms with van der Waals surface area (Å²) in [6.07, 6.45) is -4.33. The molecule has 0 aromatic heterocycles. The largest absolute Gasteiger partial charge is 0.416 e. The first kappa shape index (κ1) is 14.6. The average molecular weight is 331 g/mol. The molecule has 1 nitrogen and oxygen atoms in total. The summed E-state index contributed by atoms with van der Waals surface area (Å²) in [6, 6.07) is 3.48. The number of halogens is 5. The lowest BCUT2D eigenvalue weighted by Gasteiger charge is -2.25. The highest BCUT2D eigenvalue weighted by molar-refractivity contribution is 9.10. The molecule has 0 aliphatic rings. The number of hydrogen-bond acceptors (Lipinski definition) is 1. The van der Waals surface area contributed by atoms with Crippen molar-refractivity contribution in [1.29, 1.82) is 0 Å². The van der Waals surface area contributed by atoms with Crippen LogP contribution in [0.4, 0.5) is 18.9 Å². The molecule has 0 spiro atoms. The van der Waals surface area contributed by atoms with Crippen LogP contribution < -0.4 is 5.32 Å². The zero-order valence-electron chi connectivity index (χ0n) is 9.33. The fraction of sp³-hybridized carbons (Fsp3) is 0.455. The Morgan fingerprint density at radius 3 is 2.29 bits per heavy atom. The lowest BCUT2D eigenvalue weighted by Crippen LogP contribution is -2.32. The molecular formula is C11H12BrClF3N. The van der Waals surface area contributed by atoms with E-state index in [0.29, 0.717) is 16.0 Å². The summed E-state index contributed by atoms with van der Waals surface area (Å²) in [6.45, 7) is 3.73. The van der Waals surface area contributed by atoms with E-state index in [-0.39, 0.29) is 5.54 Å². The van der Waals surface area contributed by atoms with Gasteiger partial charge in [-0.15, -0.1) is 11.6 Å². The Bertz CT molecular complexity index is 404. The van der Waals surface area contributed by atoms with Crippen LogP contribution in [0.3, 0.4) is 0 Å². The van der Waals surface area contributed by atoms with Gasteiger partial charge in [0.25, 0.3) is 0 Å². The van der Waals surface area contributed by atoms with Crippen molar-refractivity contribution in [3.63, 3.8) is 0 Å². The second-order valence-electron chi connectivity index (χ2n) is 4.33. The van der Waals surface area contributed by atoms with Crippen LogP contribution in [0.15, 0.2) is 22.7 Å². The summed E-state index contributed by atoms with van der Waals surface area (Å²) in [4.78, 5) is 0. The normalized spacial score (nSPS) is 12.6. The Hall–Kier alpha value is -0.420. The van der Waals surface area contributed by atoms with Crippen molar-refractivity contribution < 1.29 is 13.2 Å². The SMILES string of the molecule is CC(C)(CCl)Nc1ccc(C(F)(F)F)cc1Br. The second kappa shape index (κ2) is 5.06. The van der Waals surface area contributed by atoms with Crippen LogP contribution >= 0.6 is 27.5 Å². The molecule has 0 aliphatic carbocycles. The molecule has 0 saturated carbocycles. The van der Waals surface area contributed by atoms with Gasteiger partial charge in [0.15, 0.2) is 0 Å². The molecule has 0 heterocycles. The molecule has 0 fully saturated rings. The molecule has 0 bridgehead atoms. The maximum Gasteiger partial charge on any atom is 0.416 e. The lowest BCUT2D eigenvalue weighted by molar-refractivity contribution is -0.137. The van der Waals surface area contributed by atoms with Gasteiger partial charge in [-0.2, -0.15) is 13.2 Å². The predicted octanol–water partition coefficient (Wildman–Crippen LogP) is 4.90. The molecule has 96 valence electrons. The number of benzene rings is 1. The summed E-state index contributed by atoms with van der Waals surface area (Å²) in [5.74, 6) is 0.348. The molecular weight excluding hydrogens is 318 g/mol. The summed E-state index contributed by atoms with van der Waals surface area (Å²) >= 11 is 8.86. The van der Waals surface area contributed by atoms with Crippen LogP contribution in [0.25, 0.3) is 0 Å². The van der Waals surface area contributed by atoms with Crippen molar-refractivity contribution in [1.82, 2.24) is 0 Å². The molecule has 1 aromatic carbocycles. The van der Waals surface area contributed by atoms with Crippen molar-refractivity contribution >= 4 is 33.2 Å². The van der Waals surface area contributed by atoms with E-state index < -0.39 is 11.7 Å². The highest BCUT2D eigenvalue weighted by atomic mass is 79.9. The van der Waals surface area contributed by atoms with Gasteiger partial charge in [-0.1, -0.05) is 0 Å². The van der Waals surface area contributed by atoms with E-state index in [2.05, 4.69) is 21.2 Å². The zero-order chi connectivity index (χ0) is 13.3. The summed E-state index contributed by atoms with van der Waals surface area (Å²) in [5, 5.41) is 3.07. The van der Waals surface area contributed by atoms with Gasteiger partial charge in [0.05, 0.1) is 5.56 Å². The van der Waals surface area contributed by atoms with Crippen LogP contribution in [-0.4, -0.2) is 11.4 Å². The van der Waals surface area contributed by atoms with E-state index in [4.69, 9.17) is 11.6 Å². The molecule has 17 heavy (non-hydrogen) atoms. The number of alkyl halides is 4. The molecule has 0 unspecified atom stereocenters. The van der Waals surface area contributed by atoms with Gasteiger partial charge in [-0.25, -0.2) is 0 Å². The Labute approximate surface area is 111 Å². The minimum Gasteiger partial charge on any atom is -0.378 e. The molecule has 0 saturated heterocycles. The van der Waals surface area contributed by atoms with Crippen LogP contribution in [0.1, 0.15) is 19.4 Å². The van der Waals surface area contributed by atoms with Crippen LogP contribution in [0.5, 0.6) is 0 Å². The Morgan fingerprint density at radius 1 is 1.29 bits per heavy atom. The second-order valence-corrected chi connectivity index (χ2v) is 5.46. The van der Waals surface area contributed by atoms with Crippen molar-refractivity contribution in [2.75, 3.05) is 11.2 Å². The van der Waals surface area contributed by atoms with Gasteiger partial charge in [-0.05, 0) is 48.0 Å². The fourth-order valence-corrected chi connectivity index (χ4v) is 1.74. The summed E-state index contributed by atoms with van der Waals surface area (Å²) < 4.78 is 37.7. The van der Waals surface area contributed by atoms with Gasteiger partial charge in [-0.3, -0.25) is 0 Å². The van der Waals surface area contributed by atoms with Crippen molar-refractivity contribution in [2.24, 2.45) is 0 Å². The third kappa shape index (κ3) is 4.07. The monoisotopic (exact) mass is 329 g/mol. The first-order valence-electron chi connectivity index (χ1n) is 4.86. The Balaban J connectivity index is 2.99. The van der Waals surface area contributed by atoms with Crippen LogP contribution in [0, 0.1) is 0 Å². The van der Waals surface area contributed by atoms with Crippen molar-refractivity contribution in [3.8, 4) is 0 Å². The maximum atomic E-state index is 12.4. The number of anilines is 1. The average Bonchev–Trinajstić information content (AvgIpc) is 2.19. The summed E-state index contributed by atoms with van der Waals surface area (Å²) in [7, 11) is 0. The van der Waals surface area contributed by atoms with Gasteiger partial charge >= 0.3 is 6.18 Å². The van der Waals surface area contributed by atoms with Gasteiger partial charge < -0.3 is 5.32 Å². The minimum absolute atomic E-state index is 0.348. The van der Waals surface area contributed by atoms with Gasteiger partial charge in [0, 0.05) is 21.6 Å². The van der Waals surface area contributed by atoms with Crippen molar-refractivity contribution in [2.45, 2.75) is 25.6 Å². The molecule has 0 atom stereocenters. The molecule has 6 heteroatoms. The van der Waals surface area contributed by atoms with E-state index >= 15 is 0 Å². The fourth-order valence-electron chi connectivity index (χ4n) is 1.19. The standard InChI is InChI=1S/C11H12BrClF3N/c1-10(2,6-13)17-9-4-3-7(5-8(9)12)11(14,15)16/h3-5,17H,6H2,1-2H3. The first-order valence-corrected chi connectivity index (χ1v) is 6.19. The molecule has 0 radical (unpaired) electrons. The number of nitrogens with one attached hydrogen (secondary N) is 1. The number of rotatable bonds is 3. The molecule has 0 aliphatic heterocycles. The Morgan fingerprint density at radius 2 is 1.88 bits per heavy atom. The number of hydrogen-bond donors (Lipinski definition) is 1. The van der Waals surface area contributed by atoms with Crippen LogP contribution in [0.2, 0.25) is 0 Å². The van der Waals surface area contributed by atoms with Gasteiger partial charge in [0.2, 0.25) is 0 Å². The third-order valence-corrected chi connectivity index (χ3v) is 3.43. The van der Waals surface area contributed by atoms with E-state index in [1.54, 1.807) is 0 Å². The summed E-state index contributed by atoms with van der Waals surface area (Å²) in [5.41, 5.74) is -0.480. The Kier molecular flexibility index (Phi) is 4.36. The highest BCUT2D eigenvalue weighted by Crippen LogP contribution is 2.34. The maximum absolute atomic E-state index is 12.4. The van der Waals surface area contributed by atoms with Crippen molar-refractivity contribution in [3.05, 3.63) is 28.2 Å². The topological polar surface area (TPSA) is 12.0 Å². The van der Waals surface area contributed by atoms with E-state index in [1.807, 2.05) is 13.8 Å². The molecule has 1 N–H and O–H groups in total. The smallest absolute Gasteiger partial charge is 0.378 e. The third-order valence-electron chi connectivity index (χ3n) is 2.10. The zero-order valence-corrected chi connectivity index (χ0v) is 11.7. The molecule has 1 aromatic rings. The molecule has 1 rings (SSSR count). The van der Waals surface area contributed by atoms with E-state index in [1.165, 1.54) is 6.07 Å². The van der Waals surface area contributed by atoms with E-state index in [9.17, 15) is 13.2 Å². The molecule has 0 amide bonds.